The van der Waals surface area contributed by atoms with Gasteiger partial charge in [-0.3, -0.25) is 15.6 Å². The van der Waals surface area contributed by atoms with Gasteiger partial charge in [0.25, 0.3) is 0 Å². The number of hydrogen-bond donors (Lipinski definition) is 4. The fraction of sp³-hybridized carbons (Fsp3) is 0. The monoisotopic (exact) mass is 254 g/mol. The summed E-state index contributed by atoms with van der Waals surface area (Å²) in [4.78, 5) is 13.8. The second kappa shape index (κ2) is 5.01. The number of rotatable bonds is 3. The molecule has 0 radical (unpaired) electrons. The summed E-state index contributed by atoms with van der Waals surface area (Å²) in [7, 11) is 0. The summed E-state index contributed by atoms with van der Waals surface area (Å²) in [6.45, 7) is 0. The molecule has 2 aromatic rings. The number of nitrogens with zero attached hydrogens (tertiary/aromatic N) is 2. The zero-order valence-corrected chi connectivity index (χ0v) is 9.77. The number of nitriles is 1. The highest BCUT2D eigenvalue weighted by molar-refractivity contribution is 6.45. The van der Waals surface area contributed by atoms with Crippen LogP contribution in [0, 0.1) is 16.7 Å². The van der Waals surface area contributed by atoms with E-state index in [-0.39, 0.29) is 11.3 Å². The molecule has 7 nitrogen and oxygen atoms in total. The Kier molecular flexibility index (Phi) is 3.25. The predicted octanol–water partition coefficient (Wildman–Crippen LogP) is 0.756. The van der Waals surface area contributed by atoms with Gasteiger partial charge in [0.15, 0.2) is 5.84 Å². The van der Waals surface area contributed by atoms with Crippen molar-refractivity contribution in [1.29, 1.82) is 10.7 Å². The van der Waals surface area contributed by atoms with Crippen LogP contribution in [0.3, 0.4) is 0 Å². The smallest absolute Gasteiger partial charge is 0.248 e. The lowest BCUT2D eigenvalue weighted by Crippen LogP contribution is -2.21. The Morgan fingerprint density at radius 2 is 2.21 bits per heavy atom. The topological polar surface area (TPSA) is 131 Å². The molecule has 0 aliphatic carbocycles. The van der Waals surface area contributed by atoms with Crippen LogP contribution in [0.4, 0.5) is 5.69 Å². The second-order valence-corrected chi connectivity index (χ2v) is 3.74. The van der Waals surface area contributed by atoms with E-state index in [0.29, 0.717) is 5.69 Å². The second-order valence-electron chi connectivity index (χ2n) is 3.74. The number of amidine groups is 1. The number of aromatic amines is 1. The minimum atomic E-state index is -0.410. The van der Waals surface area contributed by atoms with Gasteiger partial charge in [-0.15, -0.1) is 0 Å². The number of hydrogen-bond acceptors (Lipinski definition) is 5. The molecular weight excluding hydrogens is 244 g/mol. The SMILES string of the molecule is N#C/C(=N\Nc1ccc2c[nH]c(=O)cc2c1)C(=N)N. The van der Waals surface area contributed by atoms with Crippen molar-refractivity contribution < 1.29 is 0 Å². The van der Waals surface area contributed by atoms with Crippen molar-refractivity contribution in [3.05, 3.63) is 40.8 Å². The zero-order chi connectivity index (χ0) is 13.8. The molecule has 0 aliphatic rings. The van der Waals surface area contributed by atoms with Crippen LogP contribution < -0.4 is 16.7 Å². The number of benzene rings is 1. The molecule has 0 saturated heterocycles. The van der Waals surface area contributed by atoms with Crippen molar-refractivity contribution in [3.8, 4) is 6.07 Å². The Hall–Kier alpha value is -3.14. The summed E-state index contributed by atoms with van der Waals surface area (Å²) in [5.41, 5.74) is 7.98. The molecule has 0 saturated carbocycles. The van der Waals surface area contributed by atoms with Gasteiger partial charge in [-0.05, 0) is 22.9 Å². The third-order valence-corrected chi connectivity index (χ3v) is 2.40. The van der Waals surface area contributed by atoms with E-state index >= 15 is 0 Å². The molecule has 94 valence electrons. The van der Waals surface area contributed by atoms with Crippen molar-refractivity contribution in [1.82, 2.24) is 4.98 Å². The Morgan fingerprint density at radius 3 is 2.89 bits per heavy atom. The van der Waals surface area contributed by atoms with Crippen molar-refractivity contribution in [2.45, 2.75) is 0 Å². The summed E-state index contributed by atoms with van der Waals surface area (Å²) >= 11 is 0. The summed E-state index contributed by atoms with van der Waals surface area (Å²) < 4.78 is 0. The quantitative estimate of drug-likeness (QED) is 0.365. The molecule has 19 heavy (non-hydrogen) atoms. The van der Waals surface area contributed by atoms with Crippen LogP contribution in [0.1, 0.15) is 0 Å². The lowest BCUT2D eigenvalue weighted by molar-refractivity contribution is 1.27. The van der Waals surface area contributed by atoms with Gasteiger partial charge in [0, 0.05) is 12.3 Å². The minimum absolute atomic E-state index is 0.199. The van der Waals surface area contributed by atoms with Crippen molar-refractivity contribution in [2.24, 2.45) is 10.8 Å². The van der Waals surface area contributed by atoms with Crippen molar-refractivity contribution in [3.63, 3.8) is 0 Å². The number of nitrogens with two attached hydrogens (primary N) is 1. The van der Waals surface area contributed by atoms with Gasteiger partial charge in [0.1, 0.15) is 6.07 Å². The molecule has 0 amide bonds. The van der Waals surface area contributed by atoms with E-state index in [1.807, 2.05) is 0 Å². The van der Waals surface area contributed by atoms with Gasteiger partial charge in [-0.25, -0.2) is 0 Å². The molecule has 0 aliphatic heterocycles. The Balaban J connectivity index is 2.34. The maximum atomic E-state index is 11.2. The average Bonchev–Trinajstić information content (AvgIpc) is 2.38. The molecule has 0 bridgehead atoms. The van der Waals surface area contributed by atoms with Crippen LogP contribution in [0.15, 0.2) is 40.4 Å². The number of anilines is 1. The van der Waals surface area contributed by atoms with Gasteiger partial charge in [0.05, 0.1) is 5.69 Å². The number of nitrogens with one attached hydrogen (secondary N) is 3. The van der Waals surface area contributed by atoms with E-state index in [9.17, 15) is 4.79 Å². The van der Waals surface area contributed by atoms with Crippen LogP contribution in [-0.2, 0) is 0 Å². The summed E-state index contributed by atoms with van der Waals surface area (Å²) in [6, 6.07) is 8.40. The Bertz CT molecular complexity index is 768. The molecule has 0 atom stereocenters. The van der Waals surface area contributed by atoms with Gasteiger partial charge < -0.3 is 10.7 Å². The summed E-state index contributed by atoms with van der Waals surface area (Å²) in [5, 5.41) is 21.1. The summed E-state index contributed by atoms with van der Waals surface area (Å²) in [5.74, 6) is -0.410. The predicted molar refractivity (Wildman–Crippen MR) is 73.2 cm³/mol. The largest absolute Gasteiger partial charge is 0.382 e. The molecule has 0 unspecified atom stereocenters. The lowest BCUT2D eigenvalue weighted by atomic mass is 10.1. The van der Waals surface area contributed by atoms with Gasteiger partial charge in [-0.1, -0.05) is 6.07 Å². The van der Waals surface area contributed by atoms with Gasteiger partial charge in [0.2, 0.25) is 11.3 Å². The third-order valence-electron chi connectivity index (χ3n) is 2.40. The molecule has 2 rings (SSSR count). The molecular formula is C12H10N6O. The van der Waals surface area contributed by atoms with E-state index < -0.39 is 5.84 Å². The van der Waals surface area contributed by atoms with E-state index in [0.717, 1.165) is 10.8 Å². The van der Waals surface area contributed by atoms with Crippen LogP contribution in [-0.4, -0.2) is 16.5 Å². The van der Waals surface area contributed by atoms with Gasteiger partial charge >= 0.3 is 0 Å². The first kappa shape index (κ1) is 12.3. The fourth-order valence-electron chi connectivity index (χ4n) is 1.50. The first-order valence-electron chi connectivity index (χ1n) is 5.31. The first-order chi connectivity index (χ1) is 9.10. The molecule has 5 N–H and O–H groups in total. The molecule has 1 aromatic heterocycles. The Labute approximate surface area is 107 Å². The standard InChI is InChI=1S/C12H10N6O/c13-5-10(12(14)15)18-17-9-2-1-7-6-16-11(19)4-8(7)3-9/h1-4,6,17H,(H3,14,15)(H,16,19)/b18-10+. The number of aromatic nitrogens is 1. The van der Waals surface area contributed by atoms with Crippen molar-refractivity contribution in [2.75, 3.05) is 5.43 Å². The molecule has 1 heterocycles. The average molecular weight is 254 g/mol. The number of hydrazone groups is 1. The Morgan fingerprint density at radius 1 is 1.42 bits per heavy atom. The normalized spacial score (nSPS) is 11.0. The minimum Gasteiger partial charge on any atom is -0.382 e. The van der Waals surface area contributed by atoms with Gasteiger partial charge in [-0.2, -0.15) is 10.4 Å². The van der Waals surface area contributed by atoms with Crippen molar-refractivity contribution >= 4 is 28.0 Å². The zero-order valence-electron chi connectivity index (χ0n) is 9.77. The molecule has 0 spiro atoms. The summed E-state index contributed by atoms with van der Waals surface area (Å²) in [6.07, 6.45) is 1.61. The van der Waals surface area contributed by atoms with E-state index in [2.05, 4.69) is 15.5 Å². The number of H-pyrrole nitrogens is 1. The van der Waals surface area contributed by atoms with Crippen LogP contribution >= 0.6 is 0 Å². The van der Waals surface area contributed by atoms with E-state index in [1.165, 1.54) is 6.07 Å². The maximum absolute atomic E-state index is 11.2. The highest BCUT2D eigenvalue weighted by atomic mass is 16.1. The molecule has 1 aromatic carbocycles. The van der Waals surface area contributed by atoms with Crippen LogP contribution in [0.25, 0.3) is 10.8 Å². The van der Waals surface area contributed by atoms with Crippen LogP contribution in [0.5, 0.6) is 0 Å². The van der Waals surface area contributed by atoms with E-state index in [1.54, 1.807) is 30.5 Å². The lowest BCUT2D eigenvalue weighted by Gasteiger charge is -2.03. The number of fused-ring (bicyclic) bond motifs is 1. The fourth-order valence-corrected chi connectivity index (χ4v) is 1.50. The van der Waals surface area contributed by atoms with Crippen LogP contribution in [0.2, 0.25) is 0 Å². The molecule has 0 fully saturated rings. The first-order valence-corrected chi connectivity index (χ1v) is 5.31. The highest BCUT2D eigenvalue weighted by Crippen LogP contribution is 2.16. The third kappa shape index (κ3) is 2.76. The molecule has 7 heteroatoms. The highest BCUT2D eigenvalue weighted by Gasteiger charge is 2.01. The maximum Gasteiger partial charge on any atom is 0.248 e. The van der Waals surface area contributed by atoms with E-state index in [4.69, 9.17) is 16.4 Å². The number of pyridine rings is 1.